The van der Waals surface area contributed by atoms with Crippen molar-refractivity contribution in [3.63, 3.8) is 0 Å². The second-order valence-corrected chi connectivity index (χ2v) is 2.96. The van der Waals surface area contributed by atoms with E-state index in [0.717, 1.165) is 12.8 Å². The first-order valence-electron chi connectivity index (χ1n) is 3.87. The van der Waals surface area contributed by atoms with Crippen molar-refractivity contribution in [2.75, 3.05) is 5.32 Å². The molecule has 1 aromatic rings. The molecule has 0 bridgehead atoms. The van der Waals surface area contributed by atoms with Gasteiger partial charge in [-0.2, -0.15) is 0 Å². The summed E-state index contributed by atoms with van der Waals surface area (Å²) in [6, 6.07) is 0. The maximum absolute atomic E-state index is 11.2. The fourth-order valence-corrected chi connectivity index (χ4v) is 0.909. The summed E-state index contributed by atoms with van der Waals surface area (Å²) in [6.45, 7) is 1.74. The molecule has 1 heterocycles. The van der Waals surface area contributed by atoms with Gasteiger partial charge in [-0.05, 0) is 24.9 Å². The molecule has 0 atom stereocenters. The van der Waals surface area contributed by atoms with Crippen LogP contribution in [0.2, 0.25) is 0 Å². The minimum atomic E-state index is 0.0220. The van der Waals surface area contributed by atoms with Crippen LogP contribution in [0, 0.1) is 12.8 Å². The van der Waals surface area contributed by atoms with Gasteiger partial charge in [0.15, 0.2) is 5.82 Å². The van der Waals surface area contributed by atoms with Crippen molar-refractivity contribution in [1.29, 1.82) is 0 Å². The number of anilines is 1. The quantitative estimate of drug-likeness (QED) is 0.704. The van der Waals surface area contributed by atoms with E-state index in [9.17, 15) is 4.79 Å². The van der Waals surface area contributed by atoms with Gasteiger partial charge in [0.2, 0.25) is 5.91 Å². The predicted octanol–water partition coefficient (Wildman–Crippen LogP) is 0.727. The smallest absolute Gasteiger partial charge is 0.228 e. The lowest BCUT2D eigenvalue weighted by atomic mass is 10.4. The van der Waals surface area contributed by atoms with Gasteiger partial charge in [-0.15, -0.1) is 0 Å². The topological polar surface area (TPSA) is 68.0 Å². The van der Waals surface area contributed by atoms with Crippen molar-refractivity contribution >= 4 is 11.7 Å². The average molecular weight is 167 g/mol. The lowest BCUT2D eigenvalue weighted by Crippen LogP contribution is -2.14. The van der Waals surface area contributed by atoms with Crippen LogP contribution in [0.15, 0.2) is 4.63 Å². The minimum Gasteiger partial charge on any atom is -0.306 e. The summed E-state index contributed by atoms with van der Waals surface area (Å²) in [6.07, 6.45) is 1.96. The number of nitrogens with one attached hydrogen (secondary N) is 1. The number of aryl methyl sites for hydroxylation is 1. The van der Waals surface area contributed by atoms with Gasteiger partial charge in [-0.25, -0.2) is 4.63 Å². The molecule has 2 rings (SSSR count). The first-order valence-corrected chi connectivity index (χ1v) is 3.87. The molecular formula is C7H9N3O2. The fraction of sp³-hybridized carbons (Fsp3) is 0.571. The van der Waals surface area contributed by atoms with E-state index in [0.29, 0.717) is 11.5 Å². The number of carbonyl (C=O) groups excluding carboxylic acids is 1. The molecule has 1 aliphatic carbocycles. The third kappa shape index (κ3) is 1.30. The first kappa shape index (κ1) is 7.27. The highest BCUT2D eigenvalue weighted by Crippen LogP contribution is 2.30. The number of aromatic nitrogens is 2. The average Bonchev–Trinajstić information content (AvgIpc) is 2.80. The monoisotopic (exact) mass is 167 g/mol. The van der Waals surface area contributed by atoms with Crippen LogP contribution in [-0.4, -0.2) is 16.2 Å². The maximum Gasteiger partial charge on any atom is 0.228 e. The largest absolute Gasteiger partial charge is 0.306 e. The molecule has 1 fully saturated rings. The summed E-state index contributed by atoms with van der Waals surface area (Å²) in [5.74, 6) is 0.641. The molecule has 0 unspecified atom stereocenters. The molecule has 1 aromatic heterocycles. The van der Waals surface area contributed by atoms with Crippen LogP contribution in [-0.2, 0) is 4.79 Å². The van der Waals surface area contributed by atoms with E-state index in [1.54, 1.807) is 6.92 Å². The summed E-state index contributed by atoms with van der Waals surface area (Å²) >= 11 is 0. The molecule has 5 nitrogen and oxygen atoms in total. The van der Waals surface area contributed by atoms with Gasteiger partial charge < -0.3 is 5.32 Å². The van der Waals surface area contributed by atoms with Gasteiger partial charge in [-0.1, -0.05) is 5.16 Å². The van der Waals surface area contributed by atoms with E-state index in [4.69, 9.17) is 0 Å². The normalized spacial score (nSPS) is 16.1. The van der Waals surface area contributed by atoms with Gasteiger partial charge in [0.05, 0.1) is 0 Å². The molecule has 5 heteroatoms. The Bertz CT molecular complexity index is 303. The lowest BCUT2D eigenvalue weighted by molar-refractivity contribution is -0.117. The molecule has 0 aromatic carbocycles. The molecule has 1 aliphatic rings. The molecule has 1 N–H and O–H groups in total. The molecule has 64 valence electrons. The Balaban J connectivity index is 2.02. The first-order chi connectivity index (χ1) is 5.77. The summed E-state index contributed by atoms with van der Waals surface area (Å²) in [7, 11) is 0. The number of carbonyl (C=O) groups is 1. The maximum atomic E-state index is 11.2. The van der Waals surface area contributed by atoms with Crippen LogP contribution in [0.3, 0.4) is 0 Å². The van der Waals surface area contributed by atoms with E-state index in [-0.39, 0.29) is 11.8 Å². The van der Waals surface area contributed by atoms with Crippen LogP contribution >= 0.6 is 0 Å². The van der Waals surface area contributed by atoms with Crippen LogP contribution in [0.1, 0.15) is 18.5 Å². The van der Waals surface area contributed by atoms with Crippen LogP contribution in [0.5, 0.6) is 0 Å². The number of hydrogen-bond acceptors (Lipinski definition) is 4. The Labute approximate surface area is 69.1 Å². The lowest BCUT2D eigenvalue weighted by Gasteiger charge is -1.97. The Morgan fingerprint density at radius 1 is 1.58 bits per heavy atom. The van der Waals surface area contributed by atoms with Crippen molar-refractivity contribution in [1.82, 2.24) is 10.3 Å². The Morgan fingerprint density at radius 2 is 2.33 bits per heavy atom. The Morgan fingerprint density at radius 3 is 2.83 bits per heavy atom. The van der Waals surface area contributed by atoms with E-state index in [1.807, 2.05) is 0 Å². The number of hydrogen-bond donors (Lipinski definition) is 1. The van der Waals surface area contributed by atoms with E-state index < -0.39 is 0 Å². The molecule has 0 saturated heterocycles. The van der Waals surface area contributed by atoms with Crippen molar-refractivity contribution in [3.8, 4) is 0 Å². The Kier molecular flexibility index (Phi) is 1.56. The van der Waals surface area contributed by atoms with Gasteiger partial charge in [0, 0.05) is 5.92 Å². The third-order valence-electron chi connectivity index (χ3n) is 1.84. The molecule has 0 spiro atoms. The molecular weight excluding hydrogens is 158 g/mol. The van der Waals surface area contributed by atoms with Crippen LogP contribution in [0.4, 0.5) is 5.82 Å². The summed E-state index contributed by atoms with van der Waals surface area (Å²) in [4.78, 5) is 11.2. The SMILES string of the molecule is Cc1nonc1NC(=O)C1CC1. The van der Waals surface area contributed by atoms with E-state index in [1.165, 1.54) is 0 Å². The van der Waals surface area contributed by atoms with Crippen molar-refractivity contribution in [3.05, 3.63) is 5.69 Å². The van der Waals surface area contributed by atoms with Crippen molar-refractivity contribution < 1.29 is 9.42 Å². The fourth-order valence-electron chi connectivity index (χ4n) is 0.909. The van der Waals surface area contributed by atoms with Crippen LogP contribution < -0.4 is 5.32 Å². The highest BCUT2D eigenvalue weighted by Gasteiger charge is 2.30. The number of rotatable bonds is 2. The second-order valence-electron chi connectivity index (χ2n) is 2.96. The molecule has 1 saturated carbocycles. The van der Waals surface area contributed by atoms with E-state index >= 15 is 0 Å². The molecule has 0 radical (unpaired) electrons. The zero-order valence-corrected chi connectivity index (χ0v) is 6.70. The highest BCUT2D eigenvalue weighted by atomic mass is 16.6. The van der Waals surface area contributed by atoms with Crippen LogP contribution in [0.25, 0.3) is 0 Å². The summed E-state index contributed by atoms with van der Waals surface area (Å²) in [5.41, 5.74) is 0.615. The van der Waals surface area contributed by atoms with Gasteiger partial charge in [0.25, 0.3) is 0 Å². The molecule has 1 amide bonds. The summed E-state index contributed by atoms with van der Waals surface area (Å²) in [5, 5.41) is 9.74. The van der Waals surface area contributed by atoms with Crippen molar-refractivity contribution in [2.45, 2.75) is 19.8 Å². The highest BCUT2D eigenvalue weighted by molar-refractivity contribution is 5.93. The zero-order valence-electron chi connectivity index (χ0n) is 6.70. The van der Waals surface area contributed by atoms with E-state index in [2.05, 4.69) is 20.3 Å². The zero-order chi connectivity index (χ0) is 8.55. The Hall–Kier alpha value is -1.39. The standard InChI is InChI=1S/C7H9N3O2/c1-4-6(10-12-9-4)8-7(11)5-2-3-5/h5H,2-3H2,1H3,(H,8,10,11). The molecule has 0 aliphatic heterocycles. The predicted molar refractivity (Wildman–Crippen MR) is 40.4 cm³/mol. The van der Waals surface area contributed by atoms with Gasteiger partial charge >= 0.3 is 0 Å². The summed E-state index contributed by atoms with van der Waals surface area (Å²) < 4.78 is 4.43. The minimum absolute atomic E-state index is 0.0220. The number of amides is 1. The second kappa shape index (κ2) is 2.58. The van der Waals surface area contributed by atoms with Gasteiger partial charge in [-0.3, -0.25) is 4.79 Å². The van der Waals surface area contributed by atoms with Gasteiger partial charge in [0.1, 0.15) is 5.69 Å². The number of nitrogens with zero attached hydrogens (tertiary/aromatic N) is 2. The molecule has 12 heavy (non-hydrogen) atoms. The third-order valence-corrected chi connectivity index (χ3v) is 1.84. The van der Waals surface area contributed by atoms with Crippen molar-refractivity contribution in [2.24, 2.45) is 5.92 Å².